The summed E-state index contributed by atoms with van der Waals surface area (Å²) in [5, 5.41) is 22.9. The minimum atomic E-state index is -1.25. The first-order valence-electron chi connectivity index (χ1n) is 22.1. The highest BCUT2D eigenvalue weighted by molar-refractivity contribution is 6.03. The molecular formula is C48H61N11O8. The van der Waals surface area contributed by atoms with E-state index in [1.54, 1.807) is 44.2 Å². The van der Waals surface area contributed by atoms with Crippen molar-refractivity contribution in [2.45, 2.75) is 78.4 Å². The number of ether oxygens (including phenoxy) is 3. The van der Waals surface area contributed by atoms with Gasteiger partial charge in [-0.15, -0.1) is 0 Å². The van der Waals surface area contributed by atoms with Crippen molar-refractivity contribution in [3.63, 3.8) is 0 Å². The molecular weight excluding hydrogens is 859 g/mol. The van der Waals surface area contributed by atoms with Gasteiger partial charge in [-0.05, 0) is 98.8 Å². The summed E-state index contributed by atoms with van der Waals surface area (Å²) in [5.74, 6) is -2.23. The topological polar surface area (TPSA) is 301 Å². The number of nitrogens with zero attached hydrogens (tertiary/aromatic N) is 3. The molecule has 0 spiro atoms. The highest BCUT2D eigenvalue weighted by Crippen LogP contribution is 2.44. The zero-order valence-electron chi connectivity index (χ0n) is 38.8. The Balaban J connectivity index is 1.56. The molecule has 1 aliphatic rings. The lowest BCUT2D eigenvalue weighted by Crippen LogP contribution is -2.54. The Morgan fingerprint density at radius 3 is 2.28 bits per heavy atom. The zero-order valence-corrected chi connectivity index (χ0v) is 38.8. The Hall–Kier alpha value is -7.14. The third-order valence-electron chi connectivity index (χ3n) is 10.6. The predicted octanol–water partition coefficient (Wildman–Crippen LogP) is 2.59. The van der Waals surface area contributed by atoms with Crippen molar-refractivity contribution >= 4 is 35.2 Å². The first-order valence-corrected chi connectivity index (χ1v) is 22.1. The molecule has 67 heavy (non-hydrogen) atoms. The lowest BCUT2D eigenvalue weighted by Gasteiger charge is -2.26. The standard InChI is InChI=1S/C48H61N11O8/c1-27-32-9-12-40(65-19-16-51)34(24-32)35-21-30(23-39(46(63)53-18-15-50)59-44(61)29(3)56-43(27)60)22-38(41(35)66-20-17-52)58-47(64)37(13-14-49)57-45(62)36-25-54-42(55-28(36)2)31-7-10-33(11-8-31)67-26-48(4,5)6/h7-12,21-22,24-25,27,29,37,39H,13-14,16-20,23,26,49,51-52H2,1-6H3,(H,53,63)(H,56,60)(H,57,62)(H,58,64)(H,59,61)/t27-,29-,37-,39-/m0/s1. The molecule has 19 nitrogen and oxygen atoms in total. The molecule has 11 N–H and O–H groups in total. The molecule has 0 fully saturated rings. The number of carbonyl (C=O) groups is 5. The fraction of sp³-hybridized carbons (Fsp3) is 0.417. The maximum atomic E-state index is 14.4. The molecule has 2 heterocycles. The van der Waals surface area contributed by atoms with E-state index >= 15 is 0 Å². The van der Waals surface area contributed by atoms with Crippen molar-refractivity contribution in [1.29, 1.82) is 5.26 Å². The lowest BCUT2D eigenvalue weighted by atomic mass is 9.91. The minimum Gasteiger partial charge on any atom is -0.493 e. The van der Waals surface area contributed by atoms with Crippen LogP contribution in [0.15, 0.2) is 60.8 Å². The first kappa shape index (κ1) is 50.9. The van der Waals surface area contributed by atoms with Crippen molar-refractivity contribution in [1.82, 2.24) is 31.2 Å². The second kappa shape index (κ2) is 23.4. The number of nitriles is 1. The fourth-order valence-corrected chi connectivity index (χ4v) is 7.01. The van der Waals surface area contributed by atoms with Gasteiger partial charge in [-0.25, -0.2) is 9.97 Å². The summed E-state index contributed by atoms with van der Waals surface area (Å²) in [6.45, 7) is 11.7. The van der Waals surface area contributed by atoms with E-state index in [0.717, 1.165) is 0 Å². The smallest absolute Gasteiger partial charge is 0.255 e. The van der Waals surface area contributed by atoms with Gasteiger partial charge in [-0.2, -0.15) is 5.26 Å². The van der Waals surface area contributed by atoms with Crippen LogP contribution >= 0.6 is 0 Å². The van der Waals surface area contributed by atoms with Crippen LogP contribution < -0.4 is 58.0 Å². The van der Waals surface area contributed by atoms with Crippen LogP contribution in [0.4, 0.5) is 5.69 Å². The third kappa shape index (κ3) is 13.7. The van der Waals surface area contributed by atoms with Crippen LogP contribution in [0.1, 0.15) is 74.1 Å². The van der Waals surface area contributed by atoms with Crippen molar-refractivity contribution < 1.29 is 38.2 Å². The second-order valence-electron chi connectivity index (χ2n) is 17.3. The number of nitrogens with two attached hydrogens (primary N) is 3. The molecule has 19 heteroatoms. The second-order valence-corrected chi connectivity index (χ2v) is 17.3. The molecule has 3 aromatic carbocycles. The molecule has 0 aliphatic carbocycles. The molecule has 0 radical (unpaired) electrons. The SMILES string of the molecule is Cc1nc(-c2ccc(OCC(C)(C)C)cc2)ncc1C(=O)N[C@@H](CCN)C(=O)Nc1cc2cc(c1OCCN)-c1cc(ccc1OCCN)[C@H](C)C(=O)N[C@@H](C)C(=O)N[C@H](C(=O)NCC#N)C2. The summed E-state index contributed by atoms with van der Waals surface area (Å²) in [6, 6.07) is 14.2. The molecule has 4 aromatic rings. The Labute approximate surface area is 390 Å². The highest BCUT2D eigenvalue weighted by Gasteiger charge is 2.31. The van der Waals surface area contributed by atoms with E-state index in [0.29, 0.717) is 57.4 Å². The number of hydrogen-bond acceptors (Lipinski definition) is 14. The number of anilines is 1. The van der Waals surface area contributed by atoms with Gasteiger partial charge in [0.2, 0.25) is 23.6 Å². The van der Waals surface area contributed by atoms with Gasteiger partial charge in [-0.3, -0.25) is 24.0 Å². The molecule has 5 rings (SSSR count). The molecule has 0 saturated carbocycles. The Morgan fingerprint density at radius 1 is 0.910 bits per heavy atom. The zero-order chi connectivity index (χ0) is 48.8. The molecule has 1 aromatic heterocycles. The van der Waals surface area contributed by atoms with Crippen LogP contribution in [-0.2, 0) is 25.6 Å². The van der Waals surface area contributed by atoms with E-state index in [-0.39, 0.29) is 74.6 Å². The van der Waals surface area contributed by atoms with Crippen LogP contribution in [0.2, 0.25) is 0 Å². The van der Waals surface area contributed by atoms with Crippen molar-refractivity contribution in [2.75, 3.05) is 51.3 Å². The predicted molar refractivity (Wildman–Crippen MR) is 252 cm³/mol. The van der Waals surface area contributed by atoms with Gasteiger partial charge in [0.15, 0.2) is 11.6 Å². The number of carbonyl (C=O) groups excluding carboxylic acids is 5. The van der Waals surface area contributed by atoms with Gasteiger partial charge in [-0.1, -0.05) is 26.8 Å². The van der Waals surface area contributed by atoms with E-state index < -0.39 is 53.6 Å². The maximum absolute atomic E-state index is 14.4. The average Bonchev–Trinajstić information content (AvgIpc) is 3.30. The average molecular weight is 920 g/mol. The van der Waals surface area contributed by atoms with Gasteiger partial charge in [0.05, 0.1) is 35.5 Å². The summed E-state index contributed by atoms with van der Waals surface area (Å²) in [7, 11) is 0. The molecule has 5 amide bonds. The Kier molecular flexibility index (Phi) is 17.7. The molecule has 0 unspecified atom stereocenters. The van der Waals surface area contributed by atoms with Gasteiger partial charge < -0.3 is 58.0 Å². The maximum Gasteiger partial charge on any atom is 0.255 e. The Bertz CT molecular complexity index is 2470. The van der Waals surface area contributed by atoms with E-state index in [2.05, 4.69) is 57.3 Å². The van der Waals surface area contributed by atoms with Crippen LogP contribution in [0, 0.1) is 23.7 Å². The largest absolute Gasteiger partial charge is 0.493 e. The third-order valence-corrected chi connectivity index (χ3v) is 10.6. The molecule has 356 valence electrons. The van der Waals surface area contributed by atoms with Gasteiger partial charge in [0.1, 0.15) is 49.4 Å². The number of nitrogens with one attached hydrogen (secondary N) is 5. The van der Waals surface area contributed by atoms with Gasteiger partial charge >= 0.3 is 0 Å². The lowest BCUT2D eigenvalue weighted by molar-refractivity contribution is -0.132. The number of benzene rings is 3. The summed E-state index contributed by atoms with van der Waals surface area (Å²) in [4.78, 5) is 77.9. The van der Waals surface area contributed by atoms with E-state index in [1.165, 1.54) is 13.1 Å². The van der Waals surface area contributed by atoms with Crippen LogP contribution in [-0.4, -0.2) is 104 Å². The Morgan fingerprint density at radius 2 is 1.63 bits per heavy atom. The fourth-order valence-electron chi connectivity index (χ4n) is 7.01. The number of fused-ring (bicyclic) bond motifs is 5. The summed E-state index contributed by atoms with van der Waals surface area (Å²) >= 11 is 0. The van der Waals surface area contributed by atoms with Crippen molar-refractivity contribution in [3.05, 3.63) is 83.2 Å². The minimum absolute atomic E-state index is 0.00674. The number of rotatable bonds is 17. The van der Waals surface area contributed by atoms with E-state index in [4.69, 9.17) is 31.4 Å². The number of aromatic nitrogens is 2. The molecule has 4 atom stereocenters. The highest BCUT2D eigenvalue weighted by atomic mass is 16.5. The molecule has 0 saturated heterocycles. The van der Waals surface area contributed by atoms with Crippen molar-refractivity contribution in [2.24, 2.45) is 22.6 Å². The number of aryl methyl sites for hydroxylation is 1. The van der Waals surface area contributed by atoms with E-state index in [9.17, 15) is 29.2 Å². The monoisotopic (exact) mass is 919 g/mol. The quantitative estimate of drug-likeness (QED) is 0.0707. The number of amides is 5. The molecule has 4 bridgehead atoms. The van der Waals surface area contributed by atoms with Crippen LogP contribution in [0.25, 0.3) is 22.5 Å². The normalized spacial score (nSPS) is 16.5. The van der Waals surface area contributed by atoms with Gasteiger partial charge in [0.25, 0.3) is 5.91 Å². The summed E-state index contributed by atoms with van der Waals surface area (Å²) in [6.07, 6.45) is 1.27. The first-order chi connectivity index (χ1) is 32.0. The van der Waals surface area contributed by atoms with Crippen LogP contribution in [0.3, 0.4) is 0 Å². The van der Waals surface area contributed by atoms with E-state index in [1.807, 2.05) is 30.3 Å². The summed E-state index contributed by atoms with van der Waals surface area (Å²) in [5.41, 5.74) is 20.9. The van der Waals surface area contributed by atoms with Crippen LogP contribution in [0.5, 0.6) is 17.2 Å². The van der Waals surface area contributed by atoms with Gasteiger partial charge in [0, 0.05) is 42.4 Å². The summed E-state index contributed by atoms with van der Waals surface area (Å²) < 4.78 is 18.3. The molecule has 1 aliphatic heterocycles. The number of hydrogen-bond donors (Lipinski definition) is 8. The van der Waals surface area contributed by atoms with Crippen molar-refractivity contribution in [3.8, 4) is 45.8 Å².